The second-order valence-corrected chi connectivity index (χ2v) is 6.92. The van der Waals surface area contributed by atoms with Crippen LogP contribution in [0.5, 0.6) is 5.75 Å². The van der Waals surface area contributed by atoms with E-state index in [9.17, 15) is 9.59 Å². The van der Waals surface area contributed by atoms with E-state index in [0.717, 1.165) is 0 Å². The first-order valence-corrected chi connectivity index (χ1v) is 8.94. The number of para-hydroxylation sites is 1. The number of nitrogens with two attached hydrogens (primary N) is 1. The van der Waals surface area contributed by atoms with E-state index in [-0.39, 0.29) is 27.8 Å². The number of hydrogen-bond donors (Lipinski definition) is 1. The number of carbonyl (C=O) groups is 1. The van der Waals surface area contributed by atoms with Crippen LogP contribution in [-0.2, 0) is 9.53 Å². The van der Waals surface area contributed by atoms with Crippen LogP contribution < -0.4 is 16.1 Å². The molecule has 3 aromatic rings. The van der Waals surface area contributed by atoms with Gasteiger partial charge in [0.15, 0.2) is 5.75 Å². The summed E-state index contributed by atoms with van der Waals surface area (Å²) in [5.74, 6) is -1.56. The summed E-state index contributed by atoms with van der Waals surface area (Å²) in [6.45, 7) is 0. The maximum atomic E-state index is 12.9. The first kappa shape index (κ1) is 18.4. The molecular weight excluding hydrogens is 405 g/mol. The number of carbonyl (C=O) groups excluding carboxylic acids is 1. The molecule has 0 fully saturated rings. The van der Waals surface area contributed by atoms with Crippen LogP contribution in [0.25, 0.3) is 11.0 Å². The Labute approximate surface area is 169 Å². The Bertz CT molecular complexity index is 1210. The second kappa shape index (κ2) is 6.89. The first-order chi connectivity index (χ1) is 13.4. The van der Waals surface area contributed by atoms with Crippen LogP contribution in [0.15, 0.2) is 63.1 Å². The lowest BCUT2D eigenvalue weighted by atomic mass is 9.83. The van der Waals surface area contributed by atoms with Crippen molar-refractivity contribution in [1.82, 2.24) is 0 Å². The molecule has 1 aliphatic rings. The number of esters is 1. The van der Waals surface area contributed by atoms with Crippen molar-refractivity contribution in [2.75, 3.05) is 7.11 Å². The number of benzene rings is 2. The minimum atomic E-state index is -0.896. The Morgan fingerprint density at radius 3 is 2.61 bits per heavy atom. The molecule has 1 aliphatic heterocycles. The van der Waals surface area contributed by atoms with Crippen LogP contribution in [0.1, 0.15) is 17.0 Å². The molecule has 2 N–H and O–H groups in total. The van der Waals surface area contributed by atoms with Gasteiger partial charge in [-0.2, -0.15) is 0 Å². The van der Waals surface area contributed by atoms with Crippen molar-refractivity contribution in [2.24, 2.45) is 5.73 Å². The summed E-state index contributed by atoms with van der Waals surface area (Å²) in [5.41, 5.74) is 6.39. The van der Waals surface area contributed by atoms with Gasteiger partial charge >= 0.3 is 11.6 Å². The summed E-state index contributed by atoms with van der Waals surface area (Å²) < 4.78 is 16.0. The summed E-state index contributed by atoms with van der Waals surface area (Å²) in [5, 5.41) is 1.15. The summed E-state index contributed by atoms with van der Waals surface area (Å²) in [4.78, 5) is 25.3. The average Bonchev–Trinajstić information content (AvgIpc) is 2.68. The van der Waals surface area contributed by atoms with Crippen molar-refractivity contribution in [3.63, 3.8) is 0 Å². The van der Waals surface area contributed by atoms with Gasteiger partial charge in [-0.3, -0.25) is 0 Å². The monoisotopic (exact) mass is 417 g/mol. The lowest BCUT2D eigenvalue weighted by Crippen LogP contribution is -2.30. The van der Waals surface area contributed by atoms with Crippen molar-refractivity contribution < 1.29 is 18.7 Å². The van der Waals surface area contributed by atoms with E-state index >= 15 is 0 Å². The van der Waals surface area contributed by atoms with Crippen molar-refractivity contribution in [3.8, 4) is 5.75 Å². The summed E-state index contributed by atoms with van der Waals surface area (Å²) in [6.07, 6.45) is 0. The Hall–Kier alpha value is -2.96. The maximum absolute atomic E-state index is 12.9. The van der Waals surface area contributed by atoms with Crippen LogP contribution in [0, 0.1) is 0 Å². The SMILES string of the molecule is COC(=O)C1=C(N)Oc2c(c(=O)oc3ccccc23)C1c1ccc(Cl)c(Cl)c1. The molecule has 0 saturated heterocycles. The second-order valence-electron chi connectivity index (χ2n) is 6.11. The van der Waals surface area contributed by atoms with Gasteiger partial charge in [-0.1, -0.05) is 41.4 Å². The highest BCUT2D eigenvalue weighted by molar-refractivity contribution is 6.42. The normalized spacial score (nSPS) is 15.9. The molecule has 1 atom stereocenters. The zero-order valence-corrected chi connectivity index (χ0v) is 16.0. The van der Waals surface area contributed by atoms with E-state index in [4.69, 9.17) is 42.8 Å². The Kier molecular flexibility index (Phi) is 4.53. The third-order valence-corrected chi connectivity index (χ3v) is 5.28. The molecule has 142 valence electrons. The molecule has 4 rings (SSSR count). The summed E-state index contributed by atoms with van der Waals surface area (Å²) in [6, 6.07) is 11.7. The fourth-order valence-electron chi connectivity index (χ4n) is 3.30. The topological polar surface area (TPSA) is 91.8 Å². The van der Waals surface area contributed by atoms with Crippen LogP contribution in [0.2, 0.25) is 10.0 Å². The van der Waals surface area contributed by atoms with Gasteiger partial charge in [0.1, 0.15) is 11.2 Å². The van der Waals surface area contributed by atoms with Gasteiger partial charge in [0.25, 0.3) is 0 Å². The number of rotatable bonds is 2. The van der Waals surface area contributed by atoms with E-state index in [2.05, 4.69) is 0 Å². The number of ether oxygens (including phenoxy) is 2. The predicted molar refractivity (Wildman–Crippen MR) is 105 cm³/mol. The molecule has 0 bridgehead atoms. The highest BCUT2D eigenvalue weighted by Gasteiger charge is 2.39. The zero-order chi connectivity index (χ0) is 20.0. The van der Waals surface area contributed by atoms with E-state index in [1.54, 1.807) is 42.5 Å². The van der Waals surface area contributed by atoms with Gasteiger partial charge in [-0.25, -0.2) is 9.59 Å². The highest BCUT2D eigenvalue weighted by Crippen LogP contribution is 2.44. The van der Waals surface area contributed by atoms with E-state index in [0.29, 0.717) is 21.6 Å². The predicted octanol–water partition coefficient (Wildman–Crippen LogP) is 3.97. The Morgan fingerprint density at radius 1 is 1.14 bits per heavy atom. The van der Waals surface area contributed by atoms with E-state index < -0.39 is 17.5 Å². The maximum Gasteiger partial charge on any atom is 0.344 e. The molecule has 8 heteroatoms. The molecule has 2 heterocycles. The van der Waals surface area contributed by atoms with Gasteiger partial charge in [0.05, 0.1) is 34.0 Å². The molecule has 0 radical (unpaired) electrons. The fraction of sp³-hybridized carbons (Fsp3) is 0.100. The van der Waals surface area contributed by atoms with Gasteiger partial charge in [-0.15, -0.1) is 0 Å². The molecule has 1 unspecified atom stereocenters. The van der Waals surface area contributed by atoms with Crippen LogP contribution in [0.4, 0.5) is 0 Å². The lowest BCUT2D eigenvalue weighted by molar-refractivity contribution is -0.136. The number of fused-ring (bicyclic) bond motifs is 3. The molecule has 6 nitrogen and oxygen atoms in total. The minimum Gasteiger partial charge on any atom is -0.465 e. The molecule has 1 aromatic heterocycles. The standard InChI is InChI=1S/C20H13Cl2NO5/c1-26-19(24)16-14(9-6-7-11(21)12(22)8-9)15-17(28-18(16)23)10-4-2-3-5-13(10)27-20(15)25/h2-8,14H,23H2,1H3. The number of hydrogen-bond acceptors (Lipinski definition) is 6. The number of halogens is 2. The van der Waals surface area contributed by atoms with Crippen molar-refractivity contribution in [1.29, 1.82) is 0 Å². The van der Waals surface area contributed by atoms with Crippen molar-refractivity contribution in [3.05, 3.63) is 85.5 Å². The quantitative estimate of drug-likeness (QED) is 0.500. The van der Waals surface area contributed by atoms with Gasteiger partial charge in [-0.05, 0) is 29.8 Å². The van der Waals surface area contributed by atoms with Crippen LogP contribution in [0.3, 0.4) is 0 Å². The average molecular weight is 418 g/mol. The third-order valence-electron chi connectivity index (χ3n) is 4.54. The van der Waals surface area contributed by atoms with Gasteiger partial charge in [0.2, 0.25) is 5.88 Å². The van der Waals surface area contributed by atoms with E-state index in [1.807, 2.05) is 0 Å². The molecule has 2 aromatic carbocycles. The third kappa shape index (κ3) is 2.82. The molecule has 0 aliphatic carbocycles. The minimum absolute atomic E-state index is 0.0176. The zero-order valence-electron chi connectivity index (χ0n) is 14.5. The van der Waals surface area contributed by atoms with Gasteiger partial charge < -0.3 is 19.6 Å². The van der Waals surface area contributed by atoms with Crippen molar-refractivity contribution >= 4 is 40.1 Å². The Balaban J connectivity index is 2.08. The molecule has 0 saturated carbocycles. The summed E-state index contributed by atoms with van der Waals surface area (Å²) in [7, 11) is 1.22. The van der Waals surface area contributed by atoms with Gasteiger partial charge in [0, 0.05) is 0 Å². The molecule has 0 amide bonds. The van der Waals surface area contributed by atoms with Crippen LogP contribution >= 0.6 is 23.2 Å². The van der Waals surface area contributed by atoms with Crippen molar-refractivity contribution in [2.45, 2.75) is 5.92 Å². The largest absolute Gasteiger partial charge is 0.465 e. The number of methoxy groups -OCH3 is 1. The smallest absolute Gasteiger partial charge is 0.344 e. The lowest BCUT2D eigenvalue weighted by Gasteiger charge is -2.27. The Morgan fingerprint density at radius 2 is 1.89 bits per heavy atom. The van der Waals surface area contributed by atoms with E-state index in [1.165, 1.54) is 7.11 Å². The first-order valence-electron chi connectivity index (χ1n) is 8.19. The molecule has 0 spiro atoms. The summed E-state index contributed by atoms with van der Waals surface area (Å²) >= 11 is 12.2. The molecular formula is C20H13Cl2NO5. The van der Waals surface area contributed by atoms with Crippen LogP contribution in [-0.4, -0.2) is 13.1 Å². The fourth-order valence-corrected chi connectivity index (χ4v) is 3.61. The highest BCUT2D eigenvalue weighted by atomic mass is 35.5. The molecule has 28 heavy (non-hydrogen) atoms.